The molecule has 2 rings (SSSR count). The molecule has 0 aliphatic carbocycles. The third-order valence-electron chi connectivity index (χ3n) is 4.87. The Morgan fingerprint density at radius 1 is 1.39 bits per heavy atom. The van der Waals surface area contributed by atoms with Crippen LogP contribution in [0, 0.1) is 5.92 Å². The molecule has 1 heterocycles. The molecule has 23 heavy (non-hydrogen) atoms. The van der Waals surface area contributed by atoms with E-state index in [-0.39, 0.29) is 18.3 Å². The first kappa shape index (κ1) is 17.9. The summed E-state index contributed by atoms with van der Waals surface area (Å²) < 4.78 is 0. The average Bonchev–Trinajstić information content (AvgIpc) is 2.50. The van der Waals surface area contributed by atoms with Gasteiger partial charge in [0.15, 0.2) is 0 Å². The Bertz CT molecular complexity index is 528. The van der Waals surface area contributed by atoms with Gasteiger partial charge in [-0.3, -0.25) is 9.69 Å². The molecule has 1 saturated heterocycles. The largest absolute Gasteiger partial charge is 0.480 e. The summed E-state index contributed by atoms with van der Waals surface area (Å²) in [4.78, 5) is 13.8. The standard InChI is InChI=1S/C16H25BN2O4/c1-12-16(18,15(20)21)9-14(7-8-17(22)23)11-19(12)10-13-5-3-2-4-6-13/h2-6,12,14,22-23H,7-11,18H2,1H3,(H,20,21)/t12-,14-,16+/m0/s1. The van der Waals surface area contributed by atoms with Gasteiger partial charge in [-0.25, -0.2) is 0 Å². The Kier molecular flexibility index (Phi) is 5.81. The first-order valence-corrected chi connectivity index (χ1v) is 7.99. The molecule has 6 nitrogen and oxygen atoms in total. The Labute approximate surface area is 137 Å². The topological polar surface area (TPSA) is 107 Å². The van der Waals surface area contributed by atoms with E-state index in [1.54, 1.807) is 0 Å². The van der Waals surface area contributed by atoms with Crippen molar-refractivity contribution in [3.8, 4) is 0 Å². The minimum Gasteiger partial charge on any atom is -0.480 e. The Morgan fingerprint density at radius 2 is 2.04 bits per heavy atom. The summed E-state index contributed by atoms with van der Waals surface area (Å²) in [6.07, 6.45) is 1.12. The average molecular weight is 320 g/mol. The van der Waals surface area contributed by atoms with Crippen LogP contribution in [-0.4, -0.2) is 51.3 Å². The van der Waals surface area contributed by atoms with Gasteiger partial charge in [-0.05, 0) is 31.1 Å². The zero-order valence-electron chi connectivity index (χ0n) is 13.4. The van der Waals surface area contributed by atoms with Crippen molar-refractivity contribution in [2.24, 2.45) is 11.7 Å². The molecular weight excluding hydrogens is 295 g/mol. The lowest BCUT2D eigenvalue weighted by Gasteiger charge is -2.47. The number of aliphatic carboxylic acids is 1. The van der Waals surface area contributed by atoms with Crippen molar-refractivity contribution in [2.45, 2.75) is 44.2 Å². The van der Waals surface area contributed by atoms with Gasteiger partial charge in [0.1, 0.15) is 5.54 Å². The summed E-state index contributed by atoms with van der Waals surface area (Å²) in [5.74, 6) is -0.977. The lowest BCUT2D eigenvalue weighted by Crippen LogP contribution is -2.66. The van der Waals surface area contributed by atoms with Crippen molar-refractivity contribution in [2.75, 3.05) is 6.54 Å². The monoisotopic (exact) mass is 320 g/mol. The van der Waals surface area contributed by atoms with E-state index in [2.05, 4.69) is 4.90 Å². The third-order valence-corrected chi connectivity index (χ3v) is 4.87. The molecule has 0 aromatic heterocycles. The molecule has 0 radical (unpaired) electrons. The highest BCUT2D eigenvalue weighted by Gasteiger charge is 2.48. The highest BCUT2D eigenvalue weighted by atomic mass is 16.4. The fourth-order valence-corrected chi connectivity index (χ4v) is 3.39. The quantitative estimate of drug-likeness (QED) is 0.570. The molecule has 1 aliphatic rings. The number of likely N-dealkylation sites (tertiary alicyclic amines) is 1. The van der Waals surface area contributed by atoms with Crippen LogP contribution in [0.25, 0.3) is 0 Å². The summed E-state index contributed by atoms with van der Waals surface area (Å²) in [5.41, 5.74) is 6.01. The van der Waals surface area contributed by atoms with E-state index in [0.717, 1.165) is 5.56 Å². The van der Waals surface area contributed by atoms with E-state index >= 15 is 0 Å². The van der Waals surface area contributed by atoms with Crippen molar-refractivity contribution in [1.29, 1.82) is 0 Å². The second-order valence-corrected chi connectivity index (χ2v) is 6.56. The van der Waals surface area contributed by atoms with Crippen molar-refractivity contribution in [3.63, 3.8) is 0 Å². The van der Waals surface area contributed by atoms with E-state index in [1.807, 2.05) is 37.3 Å². The molecule has 1 aromatic rings. The number of carboxylic acid groups (broad SMARTS) is 1. The number of nitrogens with two attached hydrogens (primary N) is 1. The SMILES string of the molecule is C[C@@H]1N(Cc2ccccc2)C[C@@H](CCB(O)O)C[C@]1(N)C(=O)O. The van der Waals surface area contributed by atoms with E-state index < -0.39 is 18.6 Å². The molecule has 3 atom stereocenters. The van der Waals surface area contributed by atoms with Gasteiger partial charge in [0.25, 0.3) is 0 Å². The van der Waals surface area contributed by atoms with Gasteiger partial charge in [0, 0.05) is 19.1 Å². The number of carbonyl (C=O) groups is 1. The van der Waals surface area contributed by atoms with Gasteiger partial charge in [0.2, 0.25) is 0 Å². The van der Waals surface area contributed by atoms with Crippen LogP contribution in [-0.2, 0) is 11.3 Å². The normalized spacial score (nSPS) is 28.5. The van der Waals surface area contributed by atoms with Gasteiger partial charge in [-0.2, -0.15) is 0 Å². The zero-order chi connectivity index (χ0) is 17.0. The van der Waals surface area contributed by atoms with Crippen LogP contribution in [0.4, 0.5) is 0 Å². The molecule has 1 aliphatic heterocycles. The Morgan fingerprint density at radius 3 is 2.61 bits per heavy atom. The minimum atomic E-state index is -1.37. The van der Waals surface area contributed by atoms with E-state index in [9.17, 15) is 9.90 Å². The van der Waals surface area contributed by atoms with Crippen LogP contribution >= 0.6 is 0 Å². The van der Waals surface area contributed by atoms with Crippen molar-refractivity contribution in [3.05, 3.63) is 35.9 Å². The maximum atomic E-state index is 11.7. The summed E-state index contributed by atoms with van der Waals surface area (Å²) in [6, 6.07) is 9.57. The molecule has 5 N–H and O–H groups in total. The molecule has 0 spiro atoms. The van der Waals surface area contributed by atoms with Crippen LogP contribution in [0.2, 0.25) is 6.32 Å². The highest BCUT2D eigenvalue weighted by molar-refractivity contribution is 6.40. The Hall–Kier alpha value is -1.41. The summed E-state index contributed by atoms with van der Waals surface area (Å²) in [5, 5.41) is 27.7. The van der Waals surface area contributed by atoms with Crippen LogP contribution < -0.4 is 5.73 Å². The Balaban J connectivity index is 2.16. The van der Waals surface area contributed by atoms with E-state index in [0.29, 0.717) is 25.9 Å². The molecule has 7 heteroatoms. The number of hydrogen-bond donors (Lipinski definition) is 4. The molecular formula is C16H25BN2O4. The van der Waals surface area contributed by atoms with E-state index in [1.165, 1.54) is 0 Å². The third kappa shape index (κ3) is 4.32. The first-order chi connectivity index (χ1) is 10.8. The molecule has 1 fully saturated rings. The summed E-state index contributed by atoms with van der Waals surface area (Å²) >= 11 is 0. The maximum absolute atomic E-state index is 11.7. The number of rotatable bonds is 6. The minimum absolute atomic E-state index is 0.0258. The van der Waals surface area contributed by atoms with Crippen LogP contribution in [0.5, 0.6) is 0 Å². The van der Waals surface area contributed by atoms with E-state index in [4.69, 9.17) is 15.8 Å². The summed E-state index contributed by atoms with van der Waals surface area (Å²) in [7, 11) is -1.37. The number of piperidine rings is 1. The van der Waals surface area contributed by atoms with Crippen molar-refractivity contribution < 1.29 is 19.9 Å². The van der Waals surface area contributed by atoms with Crippen molar-refractivity contribution in [1.82, 2.24) is 4.90 Å². The van der Waals surface area contributed by atoms with Gasteiger partial charge < -0.3 is 20.9 Å². The summed E-state index contributed by atoms with van der Waals surface area (Å²) in [6.45, 7) is 3.19. The smallest absolute Gasteiger partial charge is 0.451 e. The van der Waals surface area contributed by atoms with Gasteiger partial charge >= 0.3 is 13.1 Å². The highest BCUT2D eigenvalue weighted by Crippen LogP contribution is 2.33. The molecule has 0 bridgehead atoms. The number of hydrogen-bond acceptors (Lipinski definition) is 5. The molecule has 0 unspecified atom stereocenters. The lowest BCUT2D eigenvalue weighted by molar-refractivity contribution is -0.149. The number of benzene rings is 1. The van der Waals surface area contributed by atoms with Gasteiger partial charge in [-0.1, -0.05) is 36.8 Å². The second kappa shape index (κ2) is 7.44. The zero-order valence-corrected chi connectivity index (χ0v) is 13.4. The van der Waals surface area contributed by atoms with Gasteiger partial charge in [-0.15, -0.1) is 0 Å². The number of nitrogens with zero attached hydrogens (tertiary/aromatic N) is 1. The predicted octanol–water partition coefficient (Wildman–Crippen LogP) is 0.542. The predicted molar refractivity (Wildman–Crippen MR) is 88.6 cm³/mol. The molecule has 0 saturated carbocycles. The van der Waals surface area contributed by atoms with Crippen LogP contribution in [0.3, 0.4) is 0 Å². The molecule has 1 aromatic carbocycles. The van der Waals surface area contributed by atoms with Crippen molar-refractivity contribution >= 4 is 13.1 Å². The fraction of sp³-hybridized carbons (Fsp3) is 0.562. The molecule has 0 amide bonds. The van der Waals surface area contributed by atoms with Crippen LogP contribution in [0.1, 0.15) is 25.3 Å². The first-order valence-electron chi connectivity index (χ1n) is 7.99. The number of carboxylic acids is 1. The lowest BCUT2D eigenvalue weighted by atomic mass is 9.72. The maximum Gasteiger partial charge on any atom is 0.451 e. The fourth-order valence-electron chi connectivity index (χ4n) is 3.39. The second-order valence-electron chi connectivity index (χ2n) is 6.56. The van der Waals surface area contributed by atoms with Gasteiger partial charge in [0.05, 0.1) is 0 Å². The molecule has 126 valence electrons. The van der Waals surface area contributed by atoms with Crippen LogP contribution in [0.15, 0.2) is 30.3 Å².